The molecule has 1 aliphatic rings. The molecule has 3 N–H and O–H groups in total. The van der Waals surface area contributed by atoms with Crippen molar-refractivity contribution >= 4 is 44.8 Å². The fourth-order valence-corrected chi connectivity index (χ4v) is 4.64. The van der Waals surface area contributed by atoms with Crippen LogP contribution in [0.4, 0.5) is 5.69 Å². The van der Waals surface area contributed by atoms with Gasteiger partial charge >= 0.3 is 11.8 Å². The first-order valence-corrected chi connectivity index (χ1v) is 10.6. The number of nitrogens with one attached hydrogen (secondary N) is 1. The lowest BCUT2D eigenvalue weighted by molar-refractivity contribution is -0.146. The second-order valence-corrected chi connectivity index (χ2v) is 8.60. The van der Waals surface area contributed by atoms with E-state index in [4.69, 9.17) is 5.73 Å². The van der Waals surface area contributed by atoms with Crippen molar-refractivity contribution in [2.45, 2.75) is 25.8 Å². The van der Waals surface area contributed by atoms with Crippen molar-refractivity contribution in [1.29, 1.82) is 0 Å². The van der Waals surface area contributed by atoms with Crippen LogP contribution in [0.15, 0.2) is 48.1 Å². The van der Waals surface area contributed by atoms with Crippen LogP contribution in [0.5, 0.6) is 0 Å². The minimum atomic E-state index is -0.755. The molecule has 154 valence electrons. The highest BCUT2D eigenvalue weighted by molar-refractivity contribution is 7.17. The first kappa shape index (κ1) is 20.0. The Balaban J connectivity index is 1.56. The number of hydrogen-bond donors (Lipinski definition) is 2. The van der Waals surface area contributed by atoms with Crippen molar-refractivity contribution in [2.24, 2.45) is 11.7 Å². The molecule has 2 atom stereocenters. The number of piperidine rings is 1. The highest BCUT2D eigenvalue weighted by atomic mass is 32.1. The SMILES string of the molecule is C[C@H]1CC[C@H](c2ccc3sccc3c2)N(C(=O)C(=O)Nc2cncc(C(N)=O)c2)C1. The van der Waals surface area contributed by atoms with Gasteiger partial charge in [0, 0.05) is 17.4 Å². The maximum absolute atomic E-state index is 13.1. The normalized spacial score (nSPS) is 18.9. The quantitative estimate of drug-likeness (QED) is 0.632. The van der Waals surface area contributed by atoms with Gasteiger partial charge in [-0.15, -0.1) is 11.3 Å². The molecular formula is C22H22N4O3S. The molecule has 0 radical (unpaired) electrons. The minimum Gasteiger partial charge on any atom is -0.366 e. The third-order valence-electron chi connectivity index (χ3n) is 5.41. The van der Waals surface area contributed by atoms with Crippen molar-refractivity contribution in [3.05, 3.63) is 59.2 Å². The zero-order chi connectivity index (χ0) is 21.3. The highest BCUT2D eigenvalue weighted by Gasteiger charge is 2.34. The van der Waals surface area contributed by atoms with E-state index in [1.54, 1.807) is 16.2 Å². The number of carbonyl (C=O) groups is 3. The van der Waals surface area contributed by atoms with Gasteiger partial charge in [0.25, 0.3) is 0 Å². The van der Waals surface area contributed by atoms with Gasteiger partial charge in [-0.2, -0.15) is 0 Å². The Morgan fingerprint density at radius 3 is 2.80 bits per heavy atom. The van der Waals surface area contributed by atoms with Crippen molar-refractivity contribution in [3.8, 4) is 0 Å². The predicted molar refractivity (Wildman–Crippen MR) is 116 cm³/mol. The molecule has 1 fully saturated rings. The summed E-state index contributed by atoms with van der Waals surface area (Å²) in [4.78, 5) is 42.6. The Labute approximate surface area is 177 Å². The average Bonchev–Trinajstić information content (AvgIpc) is 3.21. The van der Waals surface area contributed by atoms with Crippen LogP contribution < -0.4 is 11.1 Å². The molecule has 0 aliphatic carbocycles. The maximum Gasteiger partial charge on any atom is 0.313 e. The van der Waals surface area contributed by atoms with E-state index in [2.05, 4.69) is 35.4 Å². The number of fused-ring (bicyclic) bond motifs is 1. The molecule has 3 aromatic rings. The number of primary amides is 1. The standard InChI is InChI=1S/C22H22N4O3S/c1-13-2-4-18(14-3-5-19-15(8-14)6-7-30-19)26(12-13)22(29)21(28)25-17-9-16(20(23)27)10-24-11-17/h3,5-11,13,18H,2,4,12H2,1H3,(H2,23,27)(H,25,28)/t13-,18+/m0/s1. The first-order chi connectivity index (χ1) is 14.4. The fraction of sp³-hybridized carbons (Fsp3) is 0.273. The Morgan fingerprint density at radius 1 is 1.17 bits per heavy atom. The van der Waals surface area contributed by atoms with Gasteiger partial charge in [0.2, 0.25) is 5.91 Å². The lowest BCUT2D eigenvalue weighted by Crippen LogP contribution is -2.46. The number of likely N-dealkylation sites (tertiary alicyclic amines) is 1. The summed E-state index contributed by atoms with van der Waals surface area (Å²) in [5.74, 6) is -1.70. The molecular weight excluding hydrogens is 400 g/mol. The molecule has 1 saturated heterocycles. The summed E-state index contributed by atoms with van der Waals surface area (Å²) in [5, 5.41) is 5.73. The van der Waals surface area contributed by atoms with Crippen molar-refractivity contribution < 1.29 is 14.4 Å². The molecule has 0 unspecified atom stereocenters. The van der Waals surface area contributed by atoms with Gasteiger partial charge in [0.05, 0.1) is 23.5 Å². The van der Waals surface area contributed by atoms with Gasteiger partial charge in [-0.3, -0.25) is 19.4 Å². The van der Waals surface area contributed by atoms with Crippen LogP contribution in [0.1, 0.15) is 41.7 Å². The summed E-state index contributed by atoms with van der Waals surface area (Å²) in [6.45, 7) is 2.59. The molecule has 3 amide bonds. The summed E-state index contributed by atoms with van der Waals surface area (Å²) in [6.07, 6.45) is 4.47. The van der Waals surface area contributed by atoms with Gasteiger partial charge in [-0.25, -0.2) is 0 Å². The van der Waals surface area contributed by atoms with E-state index in [1.165, 1.54) is 23.2 Å². The Hall–Kier alpha value is -3.26. The van der Waals surface area contributed by atoms with Crippen molar-refractivity contribution in [1.82, 2.24) is 9.88 Å². The number of pyridine rings is 1. The van der Waals surface area contributed by atoms with Crippen LogP contribution in [-0.2, 0) is 9.59 Å². The van der Waals surface area contributed by atoms with E-state index in [1.807, 2.05) is 11.4 Å². The molecule has 30 heavy (non-hydrogen) atoms. The van der Waals surface area contributed by atoms with Crippen LogP contribution in [0, 0.1) is 5.92 Å². The van der Waals surface area contributed by atoms with E-state index in [-0.39, 0.29) is 17.3 Å². The summed E-state index contributed by atoms with van der Waals surface area (Å²) < 4.78 is 1.19. The molecule has 4 rings (SSSR count). The van der Waals surface area contributed by atoms with Crippen LogP contribution in [-0.4, -0.2) is 34.2 Å². The topological polar surface area (TPSA) is 105 Å². The van der Waals surface area contributed by atoms with Crippen LogP contribution >= 0.6 is 11.3 Å². The molecule has 7 nitrogen and oxygen atoms in total. The second kappa shape index (κ2) is 8.23. The summed E-state index contributed by atoms with van der Waals surface area (Å²) >= 11 is 1.68. The number of hydrogen-bond acceptors (Lipinski definition) is 5. The molecule has 8 heteroatoms. The predicted octanol–water partition coefficient (Wildman–Crippen LogP) is 3.33. The zero-order valence-electron chi connectivity index (χ0n) is 16.5. The molecule has 2 aromatic heterocycles. The van der Waals surface area contributed by atoms with Gasteiger partial charge < -0.3 is 16.0 Å². The number of nitrogens with two attached hydrogens (primary N) is 1. The van der Waals surface area contributed by atoms with Crippen molar-refractivity contribution in [2.75, 3.05) is 11.9 Å². The number of anilines is 1. The van der Waals surface area contributed by atoms with Crippen molar-refractivity contribution in [3.63, 3.8) is 0 Å². The smallest absolute Gasteiger partial charge is 0.313 e. The zero-order valence-corrected chi connectivity index (χ0v) is 17.3. The summed E-state index contributed by atoms with van der Waals surface area (Å²) in [5.41, 5.74) is 6.70. The highest BCUT2D eigenvalue weighted by Crippen LogP contribution is 2.35. The molecule has 1 aromatic carbocycles. The minimum absolute atomic E-state index is 0.154. The van der Waals surface area contributed by atoms with Gasteiger partial charge in [-0.05, 0) is 59.4 Å². The summed E-state index contributed by atoms with van der Waals surface area (Å²) in [6, 6.07) is 9.52. The number of aromatic nitrogens is 1. The van der Waals surface area contributed by atoms with Gasteiger partial charge in [0.15, 0.2) is 0 Å². The number of thiophene rings is 1. The number of carbonyl (C=O) groups excluding carboxylic acids is 3. The third kappa shape index (κ3) is 4.04. The molecule has 0 spiro atoms. The van der Waals surface area contributed by atoms with E-state index in [0.717, 1.165) is 23.8 Å². The molecule has 1 aliphatic heterocycles. The van der Waals surface area contributed by atoms with Gasteiger partial charge in [-0.1, -0.05) is 13.0 Å². The van der Waals surface area contributed by atoms with E-state index >= 15 is 0 Å². The molecule has 0 bridgehead atoms. The Bertz CT molecular complexity index is 1130. The van der Waals surface area contributed by atoms with Crippen LogP contribution in [0.2, 0.25) is 0 Å². The van der Waals surface area contributed by atoms with Crippen LogP contribution in [0.25, 0.3) is 10.1 Å². The fourth-order valence-electron chi connectivity index (χ4n) is 3.87. The number of benzene rings is 1. The number of rotatable bonds is 3. The Kier molecular flexibility index (Phi) is 5.50. The largest absolute Gasteiger partial charge is 0.366 e. The van der Waals surface area contributed by atoms with Crippen LogP contribution in [0.3, 0.4) is 0 Å². The number of nitrogens with zero attached hydrogens (tertiary/aromatic N) is 2. The molecule has 0 saturated carbocycles. The Morgan fingerprint density at radius 2 is 2.00 bits per heavy atom. The number of amides is 3. The molecule has 3 heterocycles. The second-order valence-electron chi connectivity index (χ2n) is 7.65. The first-order valence-electron chi connectivity index (χ1n) is 9.76. The average molecular weight is 423 g/mol. The third-order valence-corrected chi connectivity index (χ3v) is 6.31. The van der Waals surface area contributed by atoms with E-state index in [0.29, 0.717) is 12.5 Å². The lowest BCUT2D eigenvalue weighted by atomic mass is 9.89. The van der Waals surface area contributed by atoms with E-state index in [9.17, 15) is 14.4 Å². The monoisotopic (exact) mass is 422 g/mol. The van der Waals surface area contributed by atoms with E-state index < -0.39 is 17.7 Å². The lowest BCUT2D eigenvalue weighted by Gasteiger charge is -2.38. The van der Waals surface area contributed by atoms with Gasteiger partial charge in [0.1, 0.15) is 0 Å². The maximum atomic E-state index is 13.1. The summed E-state index contributed by atoms with van der Waals surface area (Å²) in [7, 11) is 0.